The highest BCUT2D eigenvalue weighted by Crippen LogP contribution is 2.28. The highest BCUT2D eigenvalue weighted by atomic mass is 79.9. The molecule has 0 fully saturated rings. The minimum Gasteiger partial charge on any atom is -0.488 e. The Labute approximate surface area is 93.6 Å². The summed E-state index contributed by atoms with van der Waals surface area (Å²) >= 11 is 3.45. The molecule has 0 radical (unpaired) electrons. The normalized spacial score (nSPS) is 11.5. The van der Waals surface area contributed by atoms with Crippen molar-refractivity contribution in [3.8, 4) is 5.75 Å². The Kier molecular flexibility index (Phi) is 3.56. The lowest BCUT2D eigenvalue weighted by molar-refractivity contribution is 0.129. The molecule has 0 atom stereocenters. The molecule has 0 saturated heterocycles. The maximum atomic E-state index is 5.79. The van der Waals surface area contributed by atoms with E-state index in [4.69, 9.17) is 10.5 Å². The molecular weight excluding hydrogens is 242 g/mol. The first-order chi connectivity index (χ1) is 6.44. The van der Waals surface area contributed by atoms with E-state index >= 15 is 0 Å². The minimum absolute atomic E-state index is 0.190. The summed E-state index contributed by atoms with van der Waals surface area (Å²) in [5.41, 5.74) is 6.49. The van der Waals surface area contributed by atoms with Crippen molar-refractivity contribution in [3.63, 3.8) is 0 Å². The van der Waals surface area contributed by atoms with E-state index in [-0.39, 0.29) is 5.60 Å². The summed E-state index contributed by atoms with van der Waals surface area (Å²) in [7, 11) is 0. The molecule has 0 amide bonds. The molecule has 0 unspecified atom stereocenters. The SMILES string of the molecule is CC(C)(C)Oc1cccc(Br)c1CN. The van der Waals surface area contributed by atoms with E-state index in [2.05, 4.69) is 15.9 Å². The van der Waals surface area contributed by atoms with E-state index < -0.39 is 0 Å². The Balaban J connectivity index is 3.02. The maximum absolute atomic E-state index is 5.79. The van der Waals surface area contributed by atoms with Gasteiger partial charge in [0.1, 0.15) is 11.4 Å². The molecule has 0 aliphatic heterocycles. The summed E-state index contributed by atoms with van der Waals surface area (Å²) in [5, 5.41) is 0. The Morgan fingerprint density at radius 2 is 2.00 bits per heavy atom. The highest BCUT2D eigenvalue weighted by Gasteiger charge is 2.15. The Morgan fingerprint density at radius 3 is 2.50 bits per heavy atom. The molecule has 1 rings (SSSR count). The van der Waals surface area contributed by atoms with Gasteiger partial charge in [-0.05, 0) is 32.9 Å². The first-order valence-corrected chi connectivity index (χ1v) is 5.40. The van der Waals surface area contributed by atoms with Crippen molar-refractivity contribution in [2.45, 2.75) is 32.9 Å². The molecule has 0 aromatic heterocycles. The van der Waals surface area contributed by atoms with Crippen LogP contribution >= 0.6 is 15.9 Å². The van der Waals surface area contributed by atoms with Gasteiger partial charge in [-0.15, -0.1) is 0 Å². The summed E-state index contributed by atoms with van der Waals surface area (Å²) in [6.45, 7) is 6.55. The second-order valence-electron chi connectivity index (χ2n) is 4.14. The zero-order chi connectivity index (χ0) is 10.8. The topological polar surface area (TPSA) is 35.2 Å². The third-order valence-electron chi connectivity index (χ3n) is 1.70. The van der Waals surface area contributed by atoms with Gasteiger partial charge in [-0.3, -0.25) is 0 Å². The molecule has 3 heteroatoms. The van der Waals surface area contributed by atoms with Gasteiger partial charge in [-0.1, -0.05) is 22.0 Å². The van der Waals surface area contributed by atoms with Crippen molar-refractivity contribution in [2.75, 3.05) is 0 Å². The Bertz CT molecular complexity index is 318. The van der Waals surface area contributed by atoms with E-state index in [1.165, 1.54) is 0 Å². The highest BCUT2D eigenvalue weighted by molar-refractivity contribution is 9.10. The number of nitrogens with two attached hydrogens (primary N) is 1. The second-order valence-corrected chi connectivity index (χ2v) is 4.99. The minimum atomic E-state index is -0.190. The number of benzene rings is 1. The molecule has 0 aliphatic carbocycles. The third kappa shape index (κ3) is 3.00. The van der Waals surface area contributed by atoms with E-state index in [1.807, 2.05) is 39.0 Å². The van der Waals surface area contributed by atoms with E-state index in [0.29, 0.717) is 6.54 Å². The lowest BCUT2D eigenvalue weighted by atomic mass is 10.1. The van der Waals surface area contributed by atoms with Crippen molar-refractivity contribution in [2.24, 2.45) is 5.73 Å². The molecule has 0 aliphatic rings. The summed E-state index contributed by atoms with van der Waals surface area (Å²) in [6, 6.07) is 5.86. The van der Waals surface area contributed by atoms with Crippen LogP contribution in [-0.2, 0) is 6.54 Å². The molecule has 0 bridgehead atoms. The van der Waals surface area contributed by atoms with Crippen molar-refractivity contribution in [1.82, 2.24) is 0 Å². The van der Waals surface area contributed by atoms with E-state index in [1.54, 1.807) is 0 Å². The van der Waals surface area contributed by atoms with Crippen LogP contribution in [0.15, 0.2) is 22.7 Å². The first kappa shape index (κ1) is 11.5. The summed E-state index contributed by atoms with van der Waals surface area (Å²) < 4.78 is 6.80. The van der Waals surface area contributed by atoms with Crippen molar-refractivity contribution >= 4 is 15.9 Å². The van der Waals surface area contributed by atoms with E-state index in [0.717, 1.165) is 15.8 Å². The molecule has 14 heavy (non-hydrogen) atoms. The van der Waals surface area contributed by atoms with Crippen LogP contribution in [0.4, 0.5) is 0 Å². The van der Waals surface area contributed by atoms with Gasteiger partial charge in [-0.25, -0.2) is 0 Å². The van der Waals surface area contributed by atoms with Gasteiger partial charge < -0.3 is 10.5 Å². The zero-order valence-corrected chi connectivity index (χ0v) is 10.4. The predicted octanol–water partition coefficient (Wildman–Crippen LogP) is 3.09. The Morgan fingerprint density at radius 1 is 1.36 bits per heavy atom. The lowest BCUT2D eigenvalue weighted by Crippen LogP contribution is -2.24. The van der Waals surface area contributed by atoms with Crippen molar-refractivity contribution in [3.05, 3.63) is 28.2 Å². The summed E-state index contributed by atoms with van der Waals surface area (Å²) in [5.74, 6) is 0.856. The van der Waals surface area contributed by atoms with E-state index in [9.17, 15) is 0 Å². The fraction of sp³-hybridized carbons (Fsp3) is 0.455. The number of halogens is 1. The smallest absolute Gasteiger partial charge is 0.125 e. The summed E-state index contributed by atoms with van der Waals surface area (Å²) in [4.78, 5) is 0. The quantitative estimate of drug-likeness (QED) is 0.884. The van der Waals surface area contributed by atoms with Gasteiger partial charge >= 0.3 is 0 Å². The summed E-state index contributed by atoms with van der Waals surface area (Å²) in [6.07, 6.45) is 0. The van der Waals surface area contributed by atoms with Crippen LogP contribution in [0.5, 0.6) is 5.75 Å². The van der Waals surface area contributed by atoms with Gasteiger partial charge in [-0.2, -0.15) is 0 Å². The molecule has 0 heterocycles. The monoisotopic (exact) mass is 257 g/mol. The Hall–Kier alpha value is -0.540. The fourth-order valence-corrected chi connectivity index (χ4v) is 1.67. The molecule has 2 nitrogen and oxygen atoms in total. The first-order valence-electron chi connectivity index (χ1n) is 4.60. The molecule has 78 valence electrons. The van der Waals surface area contributed by atoms with Crippen molar-refractivity contribution < 1.29 is 4.74 Å². The zero-order valence-electron chi connectivity index (χ0n) is 8.80. The van der Waals surface area contributed by atoms with Gasteiger partial charge in [0, 0.05) is 16.6 Å². The number of rotatable bonds is 2. The van der Waals surface area contributed by atoms with Gasteiger partial charge in [0.05, 0.1) is 0 Å². The fourth-order valence-electron chi connectivity index (χ4n) is 1.16. The van der Waals surface area contributed by atoms with Crippen LogP contribution in [0.1, 0.15) is 26.3 Å². The van der Waals surface area contributed by atoms with Crippen LogP contribution in [0.25, 0.3) is 0 Å². The third-order valence-corrected chi connectivity index (χ3v) is 2.44. The average molecular weight is 258 g/mol. The van der Waals surface area contributed by atoms with Crippen molar-refractivity contribution in [1.29, 1.82) is 0 Å². The van der Waals surface area contributed by atoms with Crippen LogP contribution in [0, 0.1) is 0 Å². The molecule has 2 N–H and O–H groups in total. The van der Waals surface area contributed by atoms with Crippen LogP contribution in [0.2, 0.25) is 0 Å². The van der Waals surface area contributed by atoms with Crippen LogP contribution < -0.4 is 10.5 Å². The predicted molar refractivity (Wildman–Crippen MR) is 62.4 cm³/mol. The van der Waals surface area contributed by atoms with Gasteiger partial charge in [0.15, 0.2) is 0 Å². The average Bonchev–Trinajstić information content (AvgIpc) is 2.01. The number of ether oxygens (including phenoxy) is 1. The van der Waals surface area contributed by atoms with Gasteiger partial charge in [0.25, 0.3) is 0 Å². The molecular formula is C11H16BrNO. The second kappa shape index (κ2) is 4.32. The number of hydrogen-bond donors (Lipinski definition) is 1. The van der Waals surface area contributed by atoms with Gasteiger partial charge in [0.2, 0.25) is 0 Å². The maximum Gasteiger partial charge on any atom is 0.125 e. The molecule has 1 aromatic rings. The van der Waals surface area contributed by atoms with Crippen LogP contribution in [-0.4, -0.2) is 5.60 Å². The van der Waals surface area contributed by atoms with Crippen LogP contribution in [0.3, 0.4) is 0 Å². The molecule has 0 spiro atoms. The number of hydrogen-bond acceptors (Lipinski definition) is 2. The molecule has 1 aromatic carbocycles. The lowest BCUT2D eigenvalue weighted by Gasteiger charge is -2.23. The largest absolute Gasteiger partial charge is 0.488 e. The molecule has 0 saturated carbocycles. The standard InChI is InChI=1S/C11H16BrNO/c1-11(2,3)14-10-6-4-5-9(12)8(10)7-13/h4-6H,7,13H2,1-3H3.